The van der Waals surface area contributed by atoms with Gasteiger partial charge in [-0.3, -0.25) is 4.90 Å². The standard InChI is InChI=1S/C21H37N5O/c1-6-22-21(23-13-18-7-9-19(10-8-18)25(4)5)24-14-20-16-26(11-12-27-20)15-17(2)3/h7-10,17,20H,6,11-16H2,1-5H3,(H2,22,23,24). The maximum atomic E-state index is 5.93. The molecule has 2 rings (SSSR count). The minimum atomic E-state index is 0.209. The van der Waals surface area contributed by atoms with E-state index >= 15 is 0 Å². The molecule has 1 saturated heterocycles. The number of nitrogens with zero attached hydrogens (tertiary/aromatic N) is 3. The first-order chi connectivity index (χ1) is 13.0. The monoisotopic (exact) mass is 375 g/mol. The molecule has 1 aliphatic rings. The molecule has 0 bridgehead atoms. The van der Waals surface area contributed by atoms with E-state index in [4.69, 9.17) is 9.73 Å². The lowest BCUT2D eigenvalue weighted by atomic mass is 10.2. The summed E-state index contributed by atoms with van der Waals surface area (Å²) in [6.45, 7) is 12.9. The molecule has 6 nitrogen and oxygen atoms in total. The van der Waals surface area contributed by atoms with Gasteiger partial charge in [0.1, 0.15) is 0 Å². The smallest absolute Gasteiger partial charge is 0.191 e. The van der Waals surface area contributed by atoms with Crippen LogP contribution < -0.4 is 15.5 Å². The Morgan fingerprint density at radius 2 is 2.00 bits per heavy atom. The summed E-state index contributed by atoms with van der Waals surface area (Å²) in [6.07, 6.45) is 0.209. The number of hydrogen-bond donors (Lipinski definition) is 2. The Labute approximate surface area is 165 Å². The van der Waals surface area contributed by atoms with Crippen LogP contribution in [-0.2, 0) is 11.3 Å². The Balaban J connectivity index is 1.85. The van der Waals surface area contributed by atoms with E-state index in [0.717, 1.165) is 45.3 Å². The van der Waals surface area contributed by atoms with Crippen LogP contribution in [0.4, 0.5) is 5.69 Å². The SMILES string of the molecule is CCNC(=NCc1ccc(N(C)C)cc1)NCC1CN(CC(C)C)CCO1. The largest absolute Gasteiger partial charge is 0.378 e. The maximum absolute atomic E-state index is 5.93. The summed E-state index contributed by atoms with van der Waals surface area (Å²) in [7, 11) is 4.10. The van der Waals surface area contributed by atoms with Crippen molar-refractivity contribution in [3.63, 3.8) is 0 Å². The lowest BCUT2D eigenvalue weighted by molar-refractivity contribution is -0.0284. The Morgan fingerprint density at radius 3 is 2.63 bits per heavy atom. The van der Waals surface area contributed by atoms with Crippen LogP contribution in [-0.4, -0.2) is 70.4 Å². The molecule has 0 spiro atoms. The second-order valence-corrected chi connectivity index (χ2v) is 7.78. The number of nitrogens with one attached hydrogen (secondary N) is 2. The van der Waals surface area contributed by atoms with Gasteiger partial charge in [-0.2, -0.15) is 0 Å². The summed E-state index contributed by atoms with van der Waals surface area (Å²) in [6, 6.07) is 8.53. The molecule has 0 radical (unpaired) electrons. The molecule has 0 saturated carbocycles. The molecule has 1 heterocycles. The predicted octanol–water partition coefficient (Wildman–Crippen LogP) is 2.16. The van der Waals surface area contributed by atoms with Gasteiger partial charge in [0.25, 0.3) is 0 Å². The molecular formula is C21H37N5O. The van der Waals surface area contributed by atoms with Crippen LogP contribution in [0.5, 0.6) is 0 Å². The molecule has 0 aromatic heterocycles. The first-order valence-corrected chi connectivity index (χ1v) is 10.1. The lowest BCUT2D eigenvalue weighted by Crippen LogP contribution is -2.50. The molecule has 152 valence electrons. The molecule has 1 unspecified atom stereocenters. The zero-order chi connectivity index (χ0) is 19.6. The van der Waals surface area contributed by atoms with Gasteiger partial charge < -0.3 is 20.3 Å². The van der Waals surface area contributed by atoms with Crippen molar-refractivity contribution < 1.29 is 4.74 Å². The van der Waals surface area contributed by atoms with E-state index in [0.29, 0.717) is 12.5 Å². The van der Waals surface area contributed by atoms with Crippen molar-refractivity contribution in [3.8, 4) is 0 Å². The number of hydrogen-bond acceptors (Lipinski definition) is 4. The first-order valence-electron chi connectivity index (χ1n) is 10.1. The molecule has 1 fully saturated rings. The summed E-state index contributed by atoms with van der Waals surface area (Å²) in [5, 5.41) is 6.77. The fraction of sp³-hybridized carbons (Fsp3) is 0.667. The molecule has 1 aliphatic heterocycles. The van der Waals surface area contributed by atoms with Crippen LogP contribution >= 0.6 is 0 Å². The predicted molar refractivity (Wildman–Crippen MR) is 115 cm³/mol. The maximum Gasteiger partial charge on any atom is 0.191 e. The van der Waals surface area contributed by atoms with E-state index in [-0.39, 0.29) is 6.10 Å². The Morgan fingerprint density at radius 1 is 1.26 bits per heavy atom. The number of benzene rings is 1. The zero-order valence-corrected chi connectivity index (χ0v) is 17.7. The quantitative estimate of drug-likeness (QED) is 0.539. The fourth-order valence-electron chi connectivity index (χ4n) is 3.21. The molecule has 6 heteroatoms. The van der Waals surface area contributed by atoms with E-state index in [1.54, 1.807) is 0 Å². The number of rotatable bonds is 8. The van der Waals surface area contributed by atoms with Crippen molar-refractivity contribution in [1.29, 1.82) is 0 Å². The lowest BCUT2D eigenvalue weighted by Gasteiger charge is -2.34. The van der Waals surface area contributed by atoms with E-state index in [1.807, 2.05) is 0 Å². The number of aliphatic imine (C=N–C) groups is 1. The van der Waals surface area contributed by atoms with Crippen LogP contribution in [0.3, 0.4) is 0 Å². The van der Waals surface area contributed by atoms with Crippen molar-refractivity contribution in [2.45, 2.75) is 33.4 Å². The number of morpholine rings is 1. The van der Waals surface area contributed by atoms with Gasteiger partial charge >= 0.3 is 0 Å². The van der Waals surface area contributed by atoms with Gasteiger partial charge in [0.15, 0.2) is 5.96 Å². The van der Waals surface area contributed by atoms with Crippen LogP contribution in [0.2, 0.25) is 0 Å². The third-order valence-corrected chi connectivity index (χ3v) is 4.56. The first kappa shape index (κ1) is 21.5. The highest BCUT2D eigenvalue weighted by Gasteiger charge is 2.21. The van der Waals surface area contributed by atoms with Crippen LogP contribution in [0.1, 0.15) is 26.3 Å². The van der Waals surface area contributed by atoms with Gasteiger partial charge in [-0.05, 0) is 30.5 Å². The van der Waals surface area contributed by atoms with Crippen LogP contribution in [0.15, 0.2) is 29.3 Å². The number of guanidine groups is 1. The molecule has 0 amide bonds. The minimum absolute atomic E-state index is 0.209. The highest BCUT2D eigenvalue weighted by atomic mass is 16.5. The minimum Gasteiger partial charge on any atom is -0.378 e. The number of ether oxygens (including phenoxy) is 1. The zero-order valence-electron chi connectivity index (χ0n) is 17.7. The van der Waals surface area contributed by atoms with Gasteiger partial charge in [0.2, 0.25) is 0 Å². The third-order valence-electron chi connectivity index (χ3n) is 4.56. The van der Waals surface area contributed by atoms with E-state index in [2.05, 4.69) is 79.6 Å². The Hall–Kier alpha value is -1.79. The van der Waals surface area contributed by atoms with Crippen molar-refractivity contribution in [3.05, 3.63) is 29.8 Å². The third kappa shape index (κ3) is 7.77. The summed E-state index contributed by atoms with van der Waals surface area (Å²) in [4.78, 5) is 9.32. The molecule has 1 aromatic carbocycles. The average Bonchev–Trinajstić information content (AvgIpc) is 2.64. The Bertz CT molecular complexity index is 570. The molecule has 27 heavy (non-hydrogen) atoms. The van der Waals surface area contributed by atoms with Gasteiger partial charge in [-0.15, -0.1) is 0 Å². The highest BCUT2D eigenvalue weighted by Crippen LogP contribution is 2.13. The molecule has 1 atom stereocenters. The molecule has 0 aliphatic carbocycles. The summed E-state index contributed by atoms with van der Waals surface area (Å²) >= 11 is 0. The molecular weight excluding hydrogens is 338 g/mol. The van der Waals surface area contributed by atoms with Crippen molar-refractivity contribution >= 4 is 11.6 Å². The summed E-state index contributed by atoms with van der Waals surface area (Å²) in [5.74, 6) is 1.54. The summed E-state index contributed by atoms with van der Waals surface area (Å²) in [5.41, 5.74) is 2.41. The van der Waals surface area contributed by atoms with Gasteiger partial charge in [0.05, 0.1) is 19.3 Å². The summed E-state index contributed by atoms with van der Waals surface area (Å²) < 4.78 is 5.93. The molecule has 2 N–H and O–H groups in total. The topological polar surface area (TPSA) is 52.1 Å². The van der Waals surface area contributed by atoms with Crippen molar-refractivity contribution in [2.75, 3.05) is 58.3 Å². The molecule has 1 aromatic rings. The highest BCUT2D eigenvalue weighted by molar-refractivity contribution is 5.79. The number of anilines is 1. The van der Waals surface area contributed by atoms with Gasteiger partial charge in [0, 0.05) is 52.5 Å². The van der Waals surface area contributed by atoms with E-state index < -0.39 is 0 Å². The normalized spacial score (nSPS) is 18.6. The van der Waals surface area contributed by atoms with E-state index in [1.165, 1.54) is 11.3 Å². The van der Waals surface area contributed by atoms with Crippen molar-refractivity contribution in [1.82, 2.24) is 15.5 Å². The van der Waals surface area contributed by atoms with Crippen LogP contribution in [0, 0.1) is 5.92 Å². The average molecular weight is 376 g/mol. The van der Waals surface area contributed by atoms with Gasteiger partial charge in [-0.25, -0.2) is 4.99 Å². The van der Waals surface area contributed by atoms with Gasteiger partial charge in [-0.1, -0.05) is 26.0 Å². The van der Waals surface area contributed by atoms with Crippen LogP contribution in [0.25, 0.3) is 0 Å². The van der Waals surface area contributed by atoms with Crippen molar-refractivity contribution in [2.24, 2.45) is 10.9 Å². The van der Waals surface area contributed by atoms with E-state index in [9.17, 15) is 0 Å². The second-order valence-electron chi connectivity index (χ2n) is 7.78. The second kappa shape index (κ2) is 11.1. The fourth-order valence-corrected chi connectivity index (χ4v) is 3.21. The Kier molecular flexibility index (Phi) is 8.88.